The van der Waals surface area contributed by atoms with Crippen LogP contribution in [0.25, 0.3) is 0 Å². The number of Topliss-reactive ketones (excluding diaryl/α,β-unsaturated/α-hetero) is 2. The summed E-state index contributed by atoms with van der Waals surface area (Å²) in [7, 11) is 0. The van der Waals surface area contributed by atoms with Crippen LogP contribution in [0.3, 0.4) is 0 Å². The van der Waals surface area contributed by atoms with Gasteiger partial charge in [0.15, 0.2) is 23.1 Å². The Morgan fingerprint density at radius 1 is 0.913 bits per heavy atom. The van der Waals surface area contributed by atoms with Gasteiger partial charge in [0.2, 0.25) is 0 Å². The first kappa shape index (κ1) is 14.0. The molecule has 5 nitrogen and oxygen atoms in total. The van der Waals surface area contributed by atoms with E-state index in [0.717, 1.165) is 12.2 Å². The van der Waals surface area contributed by atoms with E-state index in [9.17, 15) is 24.3 Å². The first-order valence-electron chi connectivity index (χ1n) is 7.28. The molecule has 0 radical (unpaired) electrons. The Morgan fingerprint density at radius 2 is 1.52 bits per heavy atom. The number of aliphatic hydroxyl groups is 1. The van der Waals surface area contributed by atoms with Gasteiger partial charge in [-0.2, -0.15) is 0 Å². The van der Waals surface area contributed by atoms with E-state index in [1.807, 2.05) is 0 Å². The van der Waals surface area contributed by atoms with Crippen molar-refractivity contribution in [3.63, 3.8) is 0 Å². The maximum atomic E-state index is 13.2. The third-order valence-electron chi connectivity index (χ3n) is 5.22. The highest BCUT2D eigenvalue weighted by molar-refractivity contribution is 6.38. The van der Waals surface area contributed by atoms with Crippen LogP contribution in [0, 0.1) is 10.8 Å². The molecule has 0 bridgehead atoms. The highest BCUT2D eigenvalue weighted by atomic mass is 16.3. The standard InChI is InChI=1S/C18H12O5/c19-12-7-8-14(21)18-13(20)6-3-9-17(12,18)15(22)10-4-1-2-5-11(10)16(18)23/h1-8,13,20H,9H2. The van der Waals surface area contributed by atoms with Crippen molar-refractivity contribution >= 4 is 23.1 Å². The van der Waals surface area contributed by atoms with E-state index < -0.39 is 40.1 Å². The lowest BCUT2D eigenvalue weighted by Gasteiger charge is -2.52. The zero-order valence-electron chi connectivity index (χ0n) is 12.0. The predicted molar refractivity (Wildman–Crippen MR) is 78.9 cm³/mol. The van der Waals surface area contributed by atoms with Crippen molar-refractivity contribution in [3.8, 4) is 0 Å². The van der Waals surface area contributed by atoms with Crippen LogP contribution in [0.5, 0.6) is 0 Å². The molecule has 3 aliphatic rings. The summed E-state index contributed by atoms with van der Waals surface area (Å²) >= 11 is 0. The van der Waals surface area contributed by atoms with Gasteiger partial charge < -0.3 is 5.11 Å². The molecule has 114 valence electrons. The Labute approximate surface area is 131 Å². The van der Waals surface area contributed by atoms with Gasteiger partial charge in [0.1, 0.15) is 10.8 Å². The fourth-order valence-corrected chi connectivity index (χ4v) is 4.15. The normalized spacial score (nSPS) is 34.9. The fraction of sp³-hybridized carbons (Fsp3) is 0.222. The van der Waals surface area contributed by atoms with Crippen molar-refractivity contribution in [3.05, 3.63) is 59.7 Å². The van der Waals surface area contributed by atoms with E-state index in [1.54, 1.807) is 12.1 Å². The quantitative estimate of drug-likeness (QED) is 0.572. The van der Waals surface area contributed by atoms with E-state index in [0.29, 0.717) is 0 Å². The molecule has 1 aromatic carbocycles. The summed E-state index contributed by atoms with van der Waals surface area (Å²) in [5.41, 5.74) is -3.75. The highest BCUT2D eigenvalue weighted by Gasteiger charge is 2.74. The molecular weight excluding hydrogens is 296 g/mol. The first-order chi connectivity index (χ1) is 11.0. The molecule has 0 fully saturated rings. The lowest BCUT2D eigenvalue weighted by atomic mass is 9.44. The summed E-state index contributed by atoms with van der Waals surface area (Å²) in [4.78, 5) is 51.7. The molecule has 0 spiro atoms. The average molecular weight is 308 g/mol. The lowest BCUT2D eigenvalue weighted by Crippen LogP contribution is -2.69. The number of rotatable bonds is 0. The van der Waals surface area contributed by atoms with Crippen LogP contribution < -0.4 is 0 Å². The van der Waals surface area contributed by atoms with E-state index in [1.165, 1.54) is 24.3 Å². The van der Waals surface area contributed by atoms with Crippen LogP contribution in [-0.2, 0) is 9.59 Å². The van der Waals surface area contributed by atoms with Gasteiger partial charge in [-0.25, -0.2) is 0 Å². The Morgan fingerprint density at radius 3 is 2.22 bits per heavy atom. The largest absolute Gasteiger partial charge is 0.387 e. The van der Waals surface area contributed by atoms with Crippen molar-refractivity contribution in [2.24, 2.45) is 10.8 Å². The summed E-state index contributed by atoms with van der Waals surface area (Å²) in [5, 5.41) is 10.5. The summed E-state index contributed by atoms with van der Waals surface area (Å²) in [6.07, 6.45) is 3.28. The Hall–Kier alpha value is -2.66. The van der Waals surface area contributed by atoms with Gasteiger partial charge in [0.05, 0.1) is 6.10 Å². The zero-order chi connectivity index (χ0) is 16.4. The molecule has 3 aliphatic carbocycles. The van der Waals surface area contributed by atoms with Crippen molar-refractivity contribution < 1.29 is 24.3 Å². The fourth-order valence-electron chi connectivity index (χ4n) is 4.15. The summed E-state index contributed by atoms with van der Waals surface area (Å²) < 4.78 is 0. The highest BCUT2D eigenvalue weighted by Crippen LogP contribution is 2.58. The van der Waals surface area contributed by atoms with E-state index in [4.69, 9.17) is 0 Å². The number of fused-ring (bicyclic) bond motifs is 1. The summed E-state index contributed by atoms with van der Waals surface area (Å²) in [5.74, 6) is -2.53. The van der Waals surface area contributed by atoms with Crippen LogP contribution >= 0.6 is 0 Å². The van der Waals surface area contributed by atoms with Crippen LogP contribution in [0.4, 0.5) is 0 Å². The van der Waals surface area contributed by atoms with Gasteiger partial charge >= 0.3 is 0 Å². The third-order valence-corrected chi connectivity index (χ3v) is 5.22. The van der Waals surface area contributed by atoms with E-state index in [-0.39, 0.29) is 17.5 Å². The van der Waals surface area contributed by atoms with Crippen LogP contribution in [0.15, 0.2) is 48.6 Å². The molecular formula is C18H12O5. The molecule has 0 saturated carbocycles. The number of hydrogen-bond acceptors (Lipinski definition) is 5. The topological polar surface area (TPSA) is 88.5 Å². The summed E-state index contributed by atoms with van der Waals surface area (Å²) in [6.45, 7) is 0. The Kier molecular flexibility index (Phi) is 2.55. The minimum atomic E-state index is -2.08. The molecule has 0 aliphatic heterocycles. The molecule has 0 amide bonds. The second-order valence-corrected chi connectivity index (χ2v) is 6.06. The second kappa shape index (κ2) is 4.20. The van der Waals surface area contributed by atoms with Crippen molar-refractivity contribution in [1.82, 2.24) is 0 Å². The van der Waals surface area contributed by atoms with Crippen LogP contribution in [0.2, 0.25) is 0 Å². The lowest BCUT2D eigenvalue weighted by molar-refractivity contribution is -0.145. The maximum absolute atomic E-state index is 13.2. The Balaban J connectivity index is 2.18. The number of carbonyl (C=O) groups excluding carboxylic acids is 4. The number of benzene rings is 1. The third kappa shape index (κ3) is 1.28. The number of aliphatic hydroxyl groups excluding tert-OH is 1. The van der Waals surface area contributed by atoms with E-state index >= 15 is 0 Å². The van der Waals surface area contributed by atoms with Crippen molar-refractivity contribution in [1.29, 1.82) is 0 Å². The molecule has 1 N–H and O–H groups in total. The monoisotopic (exact) mass is 308 g/mol. The van der Waals surface area contributed by atoms with Gasteiger partial charge in [-0.15, -0.1) is 0 Å². The molecule has 0 aromatic heterocycles. The molecule has 5 heteroatoms. The summed E-state index contributed by atoms with van der Waals surface area (Å²) in [6, 6.07) is 6.13. The van der Waals surface area contributed by atoms with Crippen molar-refractivity contribution in [2.45, 2.75) is 12.5 Å². The van der Waals surface area contributed by atoms with Gasteiger partial charge in [0, 0.05) is 11.1 Å². The van der Waals surface area contributed by atoms with Gasteiger partial charge in [0.25, 0.3) is 0 Å². The van der Waals surface area contributed by atoms with Crippen molar-refractivity contribution in [2.75, 3.05) is 0 Å². The molecule has 3 unspecified atom stereocenters. The number of carbonyl (C=O) groups is 4. The van der Waals surface area contributed by atoms with Crippen LogP contribution in [0.1, 0.15) is 27.1 Å². The molecule has 1 aromatic rings. The molecule has 0 heterocycles. The smallest absolute Gasteiger partial charge is 0.181 e. The molecule has 4 rings (SSSR count). The van der Waals surface area contributed by atoms with Gasteiger partial charge in [-0.05, 0) is 18.6 Å². The number of allylic oxidation sites excluding steroid dienone is 3. The maximum Gasteiger partial charge on any atom is 0.181 e. The molecule has 0 saturated heterocycles. The minimum absolute atomic E-state index is 0.0715. The van der Waals surface area contributed by atoms with Gasteiger partial charge in [-0.1, -0.05) is 36.4 Å². The second-order valence-electron chi connectivity index (χ2n) is 6.06. The Bertz CT molecular complexity index is 862. The molecule has 3 atom stereocenters. The van der Waals surface area contributed by atoms with Crippen LogP contribution in [-0.4, -0.2) is 34.3 Å². The SMILES string of the molecule is O=C1C=CC(=O)C23C(=O)c4ccccc4C(=O)C12CC=CC3O. The number of hydrogen-bond donors (Lipinski definition) is 1. The average Bonchev–Trinajstić information content (AvgIpc) is 2.56. The molecule has 23 heavy (non-hydrogen) atoms. The van der Waals surface area contributed by atoms with E-state index in [2.05, 4.69) is 0 Å². The zero-order valence-corrected chi connectivity index (χ0v) is 12.0. The number of ketones is 4. The van der Waals surface area contributed by atoms with Gasteiger partial charge in [-0.3, -0.25) is 19.2 Å². The minimum Gasteiger partial charge on any atom is -0.387 e. The first-order valence-corrected chi connectivity index (χ1v) is 7.28. The predicted octanol–water partition coefficient (Wildman–Crippen LogP) is 1.07.